The highest BCUT2D eigenvalue weighted by Crippen LogP contribution is 2.32. The summed E-state index contributed by atoms with van der Waals surface area (Å²) in [6, 6.07) is 21.0. The Kier molecular flexibility index (Phi) is 6.62. The van der Waals surface area contributed by atoms with Crippen LogP contribution >= 0.6 is 11.8 Å². The fraction of sp³-hybridized carbons (Fsp3) is 0.0833. The molecule has 0 aliphatic carbocycles. The van der Waals surface area contributed by atoms with Crippen LogP contribution in [0.3, 0.4) is 0 Å². The summed E-state index contributed by atoms with van der Waals surface area (Å²) in [6.45, 7) is 1.96. The molecule has 168 valence electrons. The number of amides is 1. The number of sulfone groups is 1. The summed E-state index contributed by atoms with van der Waals surface area (Å²) in [6.07, 6.45) is 0. The topological polar surface area (TPSA) is 91.9 Å². The average Bonchev–Trinajstić information content (AvgIpc) is 3.25. The number of nitrogens with one attached hydrogen (secondary N) is 2. The van der Waals surface area contributed by atoms with Crippen molar-refractivity contribution in [2.45, 2.75) is 21.9 Å². The second-order valence-corrected chi connectivity index (χ2v) is 10.1. The Hall–Kier alpha value is -3.43. The lowest BCUT2D eigenvalue weighted by atomic mass is 10.1. The summed E-state index contributed by atoms with van der Waals surface area (Å²) in [5, 5.41) is 2.79. The van der Waals surface area contributed by atoms with E-state index in [0.29, 0.717) is 11.5 Å². The third kappa shape index (κ3) is 5.32. The molecular weight excluding hydrogens is 461 g/mol. The van der Waals surface area contributed by atoms with Crippen LogP contribution < -0.4 is 5.32 Å². The smallest absolute Gasteiger partial charge is 0.234 e. The predicted molar refractivity (Wildman–Crippen MR) is 126 cm³/mol. The minimum atomic E-state index is -3.89. The maximum absolute atomic E-state index is 13.3. The zero-order valence-electron chi connectivity index (χ0n) is 17.6. The number of anilines is 1. The molecule has 1 aromatic heterocycles. The lowest BCUT2D eigenvalue weighted by Crippen LogP contribution is -2.14. The largest absolute Gasteiger partial charge is 0.328 e. The number of hydrogen-bond donors (Lipinski definition) is 2. The predicted octanol–water partition coefficient (Wildman–Crippen LogP) is 5.09. The van der Waals surface area contributed by atoms with Crippen molar-refractivity contribution in [3.63, 3.8) is 0 Å². The Morgan fingerprint density at radius 3 is 2.33 bits per heavy atom. The molecule has 9 heteroatoms. The van der Waals surface area contributed by atoms with Gasteiger partial charge in [0.2, 0.25) is 15.7 Å². The molecule has 1 amide bonds. The SMILES string of the molecule is Cc1ccc(-c2nc(SCC(=O)Nc3ccc(F)cc3)c(S(=O)(=O)c3ccccc3)[nH]2)cc1. The number of aryl methyl sites for hydroxylation is 1. The first-order valence-corrected chi connectivity index (χ1v) is 12.5. The molecule has 2 N–H and O–H groups in total. The van der Waals surface area contributed by atoms with Gasteiger partial charge in [-0.15, -0.1) is 0 Å². The first-order valence-electron chi connectivity index (χ1n) is 9.98. The van der Waals surface area contributed by atoms with E-state index in [-0.39, 0.29) is 26.6 Å². The third-order valence-corrected chi connectivity index (χ3v) is 7.58. The summed E-state index contributed by atoms with van der Waals surface area (Å²) in [5.74, 6) is -0.453. The first-order chi connectivity index (χ1) is 15.8. The lowest BCUT2D eigenvalue weighted by molar-refractivity contribution is -0.113. The Labute approximate surface area is 195 Å². The minimum Gasteiger partial charge on any atom is -0.328 e. The maximum atomic E-state index is 13.3. The van der Waals surface area contributed by atoms with Crippen LogP contribution in [0.5, 0.6) is 0 Å². The number of aromatic nitrogens is 2. The van der Waals surface area contributed by atoms with E-state index < -0.39 is 15.7 Å². The number of carbonyl (C=O) groups excluding carboxylic acids is 1. The van der Waals surface area contributed by atoms with E-state index in [1.54, 1.807) is 18.2 Å². The molecule has 0 aliphatic heterocycles. The lowest BCUT2D eigenvalue weighted by Gasteiger charge is -2.06. The molecule has 6 nitrogen and oxygen atoms in total. The fourth-order valence-corrected chi connectivity index (χ4v) is 5.49. The van der Waals surface area contributed by atoms with Gasteiger partial charge in [0.05, 0.1) is 10.6 Å². The number of rotatable bonds is 7. The molecule has 3 aromatic carbocycles. The summed E-state index contributed by atoms with van der Waals surface area (Å²) >= 11 is 1.01. The number of halogens is 1. The normalized spacial score (nSPS) is 11.3. The molecule has 0 atom stereocenters. The molecule has 0 aliphatic rings. The van der Waals surface area contributed by atoms with E-state index in [1.165, 1.54) is 36.4 Å². The highest BCUT2D eigenvalue weighted by Gasteiger charge is 2.26. The van der Waals surface area contributed by atoms with Gasteiger partial charge in [-0.2, -0.15) is 0 Å². The standard InChI is InChI=1S/C24H20FN3O3S2/c1-16-7-9-17(10-8-16)22-27-23(24(28-22)33(30,31)20-5-3-2-4-6-20)32-15-21(29)26-19-13-11-18(25)12-14-19/h2-14H,15H2,1H3,(H,26,29)(H,27,28). The van der Waals surface area contributed by atoms with Gasteiger partial charge in [0.25, 0.3) is 0 Å². The van der Waals surface area contributed by atoms with Crippen molar-refractivity contribution in [3.05, 3.63) is 90.2 Å². The monoisotopic (exact) mass is 481 g/mol. The van der Waals surface area contributed by atoms with E-state index in [2.05, 4.69) is 15.3 Å². The zero-order chi connectivity index (χ0) is 23.4. The molecule has 33 heavy (non-hydrogen) atoms. The number of aromatic amines is 1. The highest BCUT2D eigenvalue weighted by molar-refractivity contribution is 8.00. The average molecular weight is 482 g/mol. The molecule has 0 saturated heterocycles. The van der Waals surface area contributed by atoms with E-state index >= 15 is 0 Å². The number of hydrogen-bond acceptors (Lipinski definition) is 5. The molecule has 4 aromatic rings. The van der Waals surface area contributed by atoms with Crippen LogP contribution in [-0.4, -0.2) is 30.0 Å². The van der Waals surface area contributed by atoms with Gasteiger partial charge in [0, 0.05) is 11.3 Å². The second-order valence-electron chi connectivity index (χ2n) is 7.25. The second kappa shape index (κ2) is 9.60. The summed E-state index contributed by atoms with van der Waals surface area (Å²) in [4.78, 5) is 20.0. The van der Waals surface area contributed by atoms with Crippen LogP contribution in [0.2, 0.25) is 0 Å². The molecule has 0 fully saturated rings. The van der Waals surface area contributed by atoms with Crippen LogP contribution in [0.25, 0.3) is 11.4 Å². The van der Waals surface area contributed by atoms with Crippen molar-refractivity contribution in [2.24, 2.45) is 0 Å². The Morgan fingerprint density at radius 1 is 1.00 bits per heavy atom. The van der Waals surface area contributed by atoms with Gasteiger partial charge in [0.15, 0.2) is 5.03 Å². The van der Waals surface area contributed by atoms with Crippen LogP contribution in [0.1, 0.15) is 5.56 Å². The van der Waals surface area contributed by atoms with Crippen LogP contribution in [-0.2, 0) is 14.6 Å². The van der Waals surface area contributed by atoms with Gasteiger partial charge in [-0.1, -0.05) is 59.8 Å². The van der Waals surface area contributed by atoms with Gasteiger partial charge in [-0.25, -0.2) is 17.8 Å². The molecule has 0 spiro atoms. The summed E-state index contributed by atoms with van der Waals surface area (Å²) in [5.41, 5.74) is 2.24. The van der Waals surface area contributed by atoms with Crippen LogP contribution in [0, 0.1) is 12.7 Å². The van der Waals surface area contributed by atoms with E-state index in [0.717, 1.165) is 22.9 Å². The van der Waals surface area contributed by atoms with Crippen molar-refractivity contribution in [2.75, 3.05) is 11.1 Å². The zero-order valence-corrected chi connectivity index (χ0v) is 19.2. The van der Waals surface area contributed by atoms with Crippen molar-refractivity contribution < 1.29 is 17.6 Å². The molecular formula is C24H20FN3O3S2. The minimum absolute atomic E-state index is 0.0659. The maximum Gasteiger partial charge on any atom is 0.234 e. The molecule has 0 radical (unpaired) electrons. The molecule has 0 saturated carbocycles. The number of thioether (sulfide) groups is 1. The van der Waals surface area contributed by atoms with Crippen molar-refractivity contribution in [1.82, 2.24) is 9.97 Å². The number of nitrogens with zero attached hydrogens (tertiary/aromatic N) is 1. The van der Waals surface area contributed by atoms with Gasteiger partial charge < -0.3 is 10.3 Å². The van der Waals surface area contributed by atoms with Crippen molar-refractivity contribution in [1.29, 1.82) is 0 Å². The van der Waals surface area contributed by atoms with Crippen LogP contribution in [0.15, 0.2) is 93.8 Å². The Bertz CT molecular complexity index is 1370. The number of benzene rings is 3. The Balaban J connectivity index is 1.63. The number of carbonyl (C=O) groups is 1. The fourth-order valence-electron chi connectivity index (χ4n) is 3.05. The van der Waals surface area contributed by atoms with Gasteiger partial charge >= 0.3 is 0 Å². The highest BCUT2D eigenvalue weighted by atomic mass is 32.2. The molecule has 0 bridgehead atoms. The number of H-pyrrole nitrogens is 1. The van der Waals surface area contributed by atoms with Crippen molar-refractivity contribution >= 4 is 33.2 Å². The Morgan fingerprint density at radius 2 is 1.67 bits per heavy atom. The van der Waals surface area contributed by atoms with E-state index in [9.17, 15) is 17.6 Å². The molecule has 1 heterocycles. The summed E-state index contributed by atoms with van der Waals surface area (Å²) < 4.78 is 39.7. The van der Waals surface area contributed by atoms with E-state index in [4.69, 9.17) is 0 Å². The summed E-state index contributed by atoms with van der Waals surface area (Å²) in [7, 11) is -3.89. The van der Waals surface area contributed by atoms with Gasteiger partial charge in [-0.3, -0.25) is 4.79 Å². The van der Waals surface area contributed by atoms with E-state index in [1.807, 2.05) is 31.2 Å². The van der Waals surface area contributed by atoms with Crippen LogP contribution in [0.4, 0.5) is 10.1 Å². The van der Waals surface area contributed by atoms with Gasteiger partial charge in [0.1, 0.15) is 16.7 Å². The third-order valence-electron chi connectivity index (χ3n) is 4.75. The quantitative estimate of drug-likeness (QED) is 0.359. The first kappa shape index (κ1) is 22.8. The number of imidazole rings is 1. The van der Waals surface area contributed by atoms with Gasteiger partial charge in [-0.05, 0) is 43.3 Å². The molecule has 0 unspecified atom stereocenters. The molecule has 4 rings (SSSR count). The van der Waals surface area contributed by atoms with Crippen molar-refractivity contribution in [3.8, 4) is 11.4 Å².